The fourth-order valence-corrected chi connectivity index (χ4v) is 4.05. The van der Waals surface area contributed by atoms with Crippen LogP contribution in [-0.4, -0.2) is 54.2 Å². The quantitative estimate of drug-likeness (QED) is 0.711. The van der Waals surface area contributed by atoms with E-state index >= 15 is 0 Å². The largest absolute Gasteiger partial charge is 0.377 e. The minimum absolute atomic E-state index is 0.00943. The van der Waals surface area contributed by atoms with E-state index in [9.17, 15) is 8.42 Å². The molecule has 0 spiro atoms. The highest BCUT2D eigenvalue weighted by Gasteiger charge is 2.31. The molecule has 1 aliphatic rings. The second-order valence-electron chi connectivity index (χ2n) is 5.06. The molecule has 0 amide bonds. The van der Waals surface area contributed by atoms with Gasteiger partial charge in [0.2, 0.25) is 10.0 Å². The summed E-state index contributed by atoms with van der Waals surface area (Å²) in [5.74, 6) is 0.532. The van der Waals surface area contributed by atoms with Gasteiger partial charge in [0.15, 0.2) is 0 Å². The molecule has 1 atom stereocenters. The molecule has 21 heavy (non-hydrogen) atoms. The molecule has 0 saturated carbocycles. The molecule has 1 aliphatic heterocycles. The molecule has 1 fully saturated rings. The molecule has 1 unspecified atom stereocenters. The van der Waals surface area contributed by atoms with Gasteiger partial charge < -0.3 is 4.74 Å². The first-order valence-corrected chi connectivity index (χ1v) is 9.25. The second-order valence-corrected chi connectivity index (χ2v) is 7.38. The lowest BCUT2D eigenvalue weighted by atomic mass is 10.1. The van der Waals surface area contributed by atoms with Gasteiger partial charge in [0, 0.05) is 38.3 Å². The van der Waals surface area contributed by atoms with Crippen molar-refractivity contribution < 1.29 is 13.2 Å². The molecule has 0 aromatic carbocycles. The van der Waals surface area contributed by atoms with Crippen LogP contribution >= 0.6 is 11.6 Å². The lowest BCUT2D eigenvalue weighted by molar-refractivity contribution is 0.0265. The first-order valence-electron chi connectivity index (χ1n) is 7.28. The second kappa shape index (κ2) is 7.58. The Morgan fingerprint density at radius 3 is 3.05 bits per heavy atom. The standard InChI is InChI=1S/C13H22ClN3O3S/c1-2-20-12-5-3-8-17(10-12)21(18,19)13-9-15-16(11-13)7-4-6-14/h9,11-12H,2-8,10H2,1H3. The molecular formula is C13H22ClN3O3S. The highest BCUT2D eigenvalue weighted by Crippen LogP contribution is 2.21. The summed E-state index contributed by atoms with van der Waals surface area (Å²) in [5, 5.41) is 4.09. The van der Waals surface area contributed by atoms with Gasteiger partial charge in [-0.2, -0.15) is 9.40 Å². The zero-order valence-electron chi connectivity index (χ0n) is 12.2. The Hall–Kier alpha value is -0.630. The Labute approximate surface area is 131 Å². The minimum atomic E-state index is -3.48. The summed E-state index contributed by atoms with van der Waals surface area (Å²) in [5.41, 5.74) is 0. The Morgan fingerprint density at radius 1 is 1.52 bits per heavy atom. The number of halogens is 1. The van der Waals surface area contributed by atoms with Gasteiger partial charge in [0.05, 0.1) is 12.3 Å². The van der Waals surface area contributed by atoms with Crippen molar-refractivity contribution in [3.05, 3.63) is 12.4 Å². The van der Waals surface area contributed by atoms with Crippen LogP contribution < -0.4 is 0 Å². The summed E-state index contributed by atoms with van der Waals surface area (Å²) in [4.78, 5) is 0.245. The molecule has 8 heteroatoms. The molecule has 6 nitrogen and oxygen atoms in total. The normalized spacial score (nSPS) is 20.8. The van der Waals surface area contributed by atoms with Gasteiger partial charge in [-0.05, 0) is 26.2 Å². The Balaban J connectivity index is 2.08. The molecule has 120 valence electrons. The number of aryl methyl sites for hydroxylation is 1. The van der Waals surface area contributed by atoms with E-state index in [1.54, 1.807) is 10.9 Å². The van der Waals surface area contributed by atoms with Crippen LogP contribution in [0.4, 0.5) is 0 Å². The predicted molar refractivity (Wildman–Crippen MR) is 81.0 cm³/mol. The van der Waals surface area contributed by atoms with Crippen LogP contribution in [0.3, 0.4) is 0 Å². The molecular weight excluding hydrogens is 314 g/mol. The third-order valence-corrected chi connectivity index (χ3v) is 5.60. The highest BCUT2D eigenvalue weighted by atomic mass is 35.5. The van der Waals surface area contributed by atoms with Crippen molar-refractivity contribution >= 4 is 21.6 Å². The minimum Gasteiger partial charge on any atom is -0.377 e. The maximum Gasteiger partial charge on any atom is 0.246 e. The SMILES string of the molecule is CCOC1CCCN(S(=O)(=O)c2cnn(CCCCl)c2)C1. The number of ether oxygens (including phenoxy) is 1. The van der Waals surface area contributed by atoms with Crippen LogP contribution in [-0.2, 0) is 21.3 Å². The van der Waals surface area contributed by atoms with Crippen molar-refractivity contribution in [2.75, 3.05) is 25.6 Å². The van der Waals surface area contributed by atoms with E-state index in [0.29, 0.717) is 32.1 Å². The van der Waals surface area contributed by atoms with E-state index in [4.69, 9.17) is 16.3 Å². The summed E-state index contributed by atoms with van der Waals surface area (Å²) in [6.45, 7) is 4.12. The van der Waals surface area contributed by atoms with E-state index in [0.717, 1.165) is 19.3 Å². The van der Waals surface area contributed by atoms with E-state index in [1.807, 2.05) is 6.92 Å². The van der Waals surface area contributed by atoms with Crippen molar-refractivity contribution in [3.8, 4) is 0 Å². The maximum atomic E-state index is 12.6. The number of nitrogens with zero attached hydrogens (tertiary/aromatic N) is 3. The van der Waals surface area contributed by atoms with Gasteiger partial charge in [-0.1, -0.05) is 0 Å². The molecule has 0 radical (unpaired) electrons. The van der Waals surface area contributed by atoms with Crippen molar-refractivity contribution in [2.24, 2.45) is 0 Å². The molecule has 2 heterocycles. The van der Waals surface area contributed by atoms with E-state index in [1.165, 1.54) is 10.5 Å². The lowest BCUT2D eigenvalue weighted by Gasteiger charge is -2.31. The number of piperidine rings is 1. The molecule has 1 aromatic rings. The van der Waals surface area contributed by atoms with Gasteiger partial charge in [0.25, 0.3) is 0 Å². The fourth-order valence-electron chi connectivity index (χ4n) is 2.47. The lowest BCUT2D eigenvalue weighted by Crippen LogP contribution is -2.43. The van der Waals surface area contributed by atoms with E-state index in [2.05, 4.69) is 5.10 Å². The van der Waals surface area contributed by atoms with Crippen molar-refractivity contribution in [1.29, 1.82) is 0 Å². The summed E-state index contributed by atoms with van der Waals surface area (Å²) in [7, 11) is -3.48. The zero-order valence-corrected chi connectivity index (χ0v) is 13.8. The number of hydrogen-bond donors (Lipinski definition) is 0. The monoisotopic (exact) mass is 335 g/mol. The fraction of sp³-hybridized carbons (Fsp3) is 0.769. The number of sulfonamides is 1. The third kappa shape index (κ3) is 4.18. The number of hydrogen-bond acceptors (Lipinski definition) is 4. The predicted octanol–water partition coefficient (Wildman–Crippen LogP) is 1.70. The first-order chi connectivity index (χ1) is 10.1. The molecule has 0 bridgehead atoms. The number of rotatable bonds is 7. The number of alkyl halides is 1. The van der Waals surface area contributed by atoms with E-state index < -0.39 is 10.0 Å². The van der Waals surface area contributed by atoms with Gasteiger partial charge in [0.1, 0.15) is 4.90 Å². The van der Waals surface area contributed by atoms with Crippen LogP contribution in [0.5, 0.6) is 0 Å². The Kier molecular flexibility index (Phi) is 6.04. The van der Waals surface area contributed by atoms with Crippen LogP contribution in [0, 0.1) is 0 Å². The summed E-state index contributed by atoms with van der Waals surface area (Å²) >= 11 is 5.63. The van der Waals surface area contributed by atoms with Crippen molar-refractivity contribution in [3.63, 3.8) is 0 Å². The van der Waals surface area contributed by atoms with Gasteiger partial charge >= 0.3 is 0 Å². The first kappa shape index (κ1) is 16.7. The summed E-state index contributed by atoms with van der Waals surface area (Å²) in [6.07, 6.45) is 5.47. The molecule has 2 rings (SSSR count). The van der Waals surface area contributed by atoms with Gasteiger partial charge in [-0.15, -0.1) is 11.6 Å². The van der Waals surface area contributed by atoms with Gasteiger partial charge in [-0.3, -0.25) is 4.68 Å². The Bertz CT molecular complexity index is 545. The van der Waals surface area contributed by atoms with Crippen LogP contribution in [0.25, 0.3) is 0 Å². The van der Waals surface area contributed by atoms with Crippen molar-refractivity contribution in [1.82, 2.24) is 14.1 Å². The zero-order chi connectivity index (χ0) is 15.3. The van der Waals surface area contributed by atoms with E-state index in [-0.39, 0.29) is 11.0 Å². The average Bonchev–Trinajstić information content (AvgIpc) is 2.95. The molecule has 1 aromatic heterocycles. The average molecular weight is 336 g/mol. The van der Waals surface area contributed by atoms with Crippen LogP contribution in [0.15, 0.2) is 17.3 Å². The number of aromatic nitrogens is 2. The van der Waals surface area contributed by atoms with Crippen LogP contribution in [0.2, 0.25) is 0 Å². The van der Waals surface area contributed by atoms with Gasteiger partial charge in [-0.25, -0.2) is 8.42 Å². The van der Waals surface area contributed by atoms with Crippen LogP contribution in [0.1, 0.15) is 26.2 Å². The topological polar surface area (TPSA) is 64.4 Å². The maximum absolute atomic E-state index is 12.6. The molecule has 0 N–H and O–H groups in total. The summed E-state index contributed by atoms with van der Waals surface area (Å²) < 4.78 is 33.9. The molecule has 1 saturated heterocycles. The smallest absolute Gasteiger partial charge is 0.246 e. The Morgan fingerprint density at radius 2 is 2.33 bits per heavy atom. The third-order valence-electron chi connectivity index (χ3n) is 3.51. The van der Waals surface area contributed by atoms with Crippen molar-refractivity contribution in [2.45, 2.75) is 43.7 Å². The molecule has 0 aliphatic carbocycles. The summed E-state index contributed by atoms with van der Waals surface area (Å²) in [6, 6.07) is 0. The highest BCUT2D eigenvalue weighted by molar-refractivity contribution is 7.89.